The summed E-state index contributed by atoms with van der Waals surface area (Å²) in [6.07, 6.45) is -0.00174. The zero-order chi connectivity index (χ0) is 21.3. The Balaban J connectivity index is 0.00000320. The average molecular weight is 460 g/mol. The van der Waals surface area contributed by atoms with Crippen molar-refractivity contribution in [2.24, 2.45) is 0 Å². The summed E-state index contributed by atoms with van der Waals surface area (Å²) in [4.78, 5) is 62.2. The summed E-state index contributed by atoms with van der Waals surface area (Å²) in [7, 11) is 0. The molecule has 30 heavy (non-hydrogen) atoms. The Morgan fingerprint density at radius 3 is 2.57 bits per heavy atom. The number of thioether (sulfide) groups is 1. The molecular formula is C18H17N2NaO7S2. The van der Waals surface area contributed by atoms with Crippen LogP contribution in [0.1, 0.15) is 18.7 Å². The first-order valence-electron chi connectivity index (χ1n) is 8.55. The molecule has 3 rings (SSSR count). The van der Waals surface area contributed by atoms with Crippen LogP contribution in [0.4, 0.5) is 0 Å². The number of nitrogens with one attached hydrogen (secondary N) is 1. The summed E-state index contributed by atoms with van der Waals surface area (Å²) in [5, 5.41) is 15.1. The molecule has 12 heteroatoms. The van der Waals surface area contributed by atoms with Gasteiger partial charge in [0.2, 0.25) is 11.4 Å². The van der Waals surface area contributed by atoms with Crippen LogP contribution in [0.2, 0.25) is 0 Å². The van der Waals surface area contributed by atoms with Crippen LogP contribution in [0.15, 0.2) is 28.8 Å². The quantitative estimate of drug-likeness (QED) is 0.190. The summed E-state index contributed by atoms with van der Waals surface area (Å²) in [6.45, 7) is 2.05. The van der Waals surface area contributed by atoms with E-state index in [4.69, 9.17) is 4.74 Å². The topological polar surface area (TPSA) is 133 Å². The Kier molecular flexibility index (Phi) is 7.91. The van der Waals surface area contributed by atoms with Gasteiger partial charge < -0.3 is 20.0 Å². The van der Waals surface area contributed by atoms with Gasteiger partial charge in [-0.2, -0.15) is 0 Å². The molecule has 0 bridgehead atoms. The zero-order valence-corrected chi connectivity index (χ0v) is 20.2. The van der Waals surface area contributed by atoms with Crippen LogP contribution in [-0.4, -0.2) is 57.7 Å². The number of nitrogens with zero attached hydrogens (tertiary/aromatic N) is 1. The van der Waals surface area contributed by atoms with Crippen molar-refractivity contribution >= 4 is 52.6 Å². The van der Waals surface area contributed by atoms with Gasteiger partial charge in [0, 0.05) is 23.1 Å². The first kappa shape index (κ1) is 24.6. The molecule has 9 nitrogen and oxygen atoms in total. The minimum absolute atomic E-state index is 0. The number of β-lactam (4-membered cyclic amide) rings is 1. The van der Waals surface area contributed by atoms with Crippen molar-refractivity contribution in [2.45, 2.75) is 31.2 Å². The van der Waals surface area contributed by atoms with Crippen LogP contribution < -0.4 is 40.0 Å². The normalized spacial score (nSPS) is 22.4. The SMILES string of the molecule is CC(=O)OCC1=C(C(=O)[O-])N2C(=O)[C@](NC(=O)Cc3cccs3)(C(C)=O)[C@H]2SC1.[Na+]. The van der Waals surface area contributed by atoms with Crippen LogP contribution in [-0.2, 0) is 35.1 Å². The number of carboxylic acids is 1. The monoisotopic (exact) mass is 460 g/mol. The van der Waals surface area contributed by atoms with Crippen LogP contribution in [0, 0.1) is 0 Å². The number of thiophene rings is 1. The largest absolute Gasteiger partial charge is 1.00 e. The Bertz CT molecular complexity index is 931. The van der Waals surface area contributed by atoms with E-state index in [1.807, 2.05) is 0 Å². The second-order valence-corrected chi connectivity index (χ2v) is 8.63. The summed E-state index contributed by atoms with van der Waals surface area (Å²) in [5.74, 6) is -4.07. The van der Waals surface area contributed by atoms with E-state index in [1.165, 1.54) is 25.2 Å². The minimum Gasteiger partial charge on any atom is -0.543 e. The third-order valence-corrected chi connectivity index (χ3v) is 6.87. The molecule has 0 saturated carbocycles. The van der Waals surface area contributed by atoms with Gasteiger partial charge in [-0.3, -0.25) is 24.1 Å². The summed E-state index contributed by atoms with van der Waals surface area (Å²) < 4.78 is 4.85. The smallest absolute Gasteiger partial charge is 0.543 e. The Morgan fingerprint density at radius 2 is 2.03 bits per heavy atom. The number of ketones is 1. The maximum Gasteiger partial charge on any atom is 1.00 e. The molecule has 2 atom stereocenters. The molecular weight excluding hydrogens is 443 g/mol. The summed E-state index contributed by atoms with van der Waals surface area (Å²) in [6, 6.07) is 3.54. The van der Waals surface area contributed by atoms with Crippen molar-refractivity contribution in [3.63, 3.8) is 0 Å². The van der Waals surface area contributed by atoms with Gasteiger partial charge in [-0.25, -0.2) is 0 Å². The Labute approximate surface area is 202 Å². The number of carboxylic acid groups (broad SMARTS) is 1. The number of ether oxygens (including phenoxy) is 1. The van der Waals surface area contributed by atoms with Gasteiger partial charge in [0.25, 0.3) is 5.91 Å². The van der Waals surface area contributed by atoms with Gasteiger partial charge >= 0.3 is 35.5 Å². The van der Waals surface area contributed by atoms with E-state index in [-0.39, 0.29) is 53.9 Å². The van der Waals surface area contributed by atoms with E-state index >= 15 is 0 Å². The first-order chi connectivity index (χ1) is 13.7. The maximum atomic E-state index is 12.9. The van der Waals surface area contributed by atoms with Gasteiger partial charge in [-0.1, -0.05) is 6.07 Å². The van der Waals surface area contributed by atoms with Gasteiger partial charge in [0.05, 0.1) is 18.1 Å². The molecule has 1 N–H and O–H groups in total. The predicted molar refractivity (Wildman–Crippen MR) is 101 cm³/mol. The molecule has 3 heterocycles. The number of amides is 2. The van der Waals surface area contributed by atoms with Crippen molar-refractivity contribution < 1.29 is 63.4 Å². The van der Waals surface area contributed by atoms with Crippen molar-refractivity contribution in [3.8, 4) is 0 Å². The fourth-order valence-electron chi connectivity index (χ4n) is 3.27. The van der Waals surface area contributed by atoms with Crippen LogP contribution in [0.5, 0.6) is 0 Å². The van der Waals surface area contributed by atoms with Crippen LogP contribution in [0.25, 0.3) is 0 Å². The van der Waals surface area contributed by atoms with Gasteiger partial charge in [-0.15, -0.1) is 23.1 Å². The summed E-state index contributed by atoms with van der Waals surface area (Å²) >= 11 is 2.48. The van der Waals surface area contributed by atoms with Crippen LogP contribution >= 0.6 is 23.1 Å². The van der Waals surface area contributed by atoms with Gasteiger partial charge in [0.1, 0.15) is 12.0 Å². The van der Waals surface area contributed by atoms with E-state index in [0.29, 0.717) is 0 Å². The van der Waals surface area contributed by atoms with E-state index in [0.717, 1.165) is 21.5 Å². The van der Waals surface area contributed by atoms with E-state index in [9.17, 15) is 29.1 Å². The average Bonchev–Trinajstić information content (AvgIpc) is 3.15. The van der Waals surface area contributed by atoms with Crippen molar-refractivity contribution in [1.82, 2.24) is 10.2 Å². The summed E-state index contributed by atoms with van der Waals surface area (Å²) in [5.41, 5.74) is -2.08. The van der Waals surface area contributed by atoms with Crippen molar-refractivity contribution in [3.05, 3.63) is 33.7 Å². The molecule has 1 aromatic heterocycles. The Hall–Kier alpha value is -1.66. The third-order valence-electron chi connectivity index (χ3n) is 4.60. The molecule has 1 saturated heterocycles. The van der Waals surface area contributed by atoms with Crippen LogP contribution in [0.3, 0.4) is 0 Å². The molecule has 0 spiro atoms. The number of hydrogen-bond acceptors (Lipinski definition) is 9. The molecule has 1 fully saturated rings. The van der Waals surface area contributed by atoms with Crippen molar-refractivity contribution in [1.29, 1.82) is 0 Å². The fraction of sp³-hybridized carbons (Fsp3) is 0.389. The zero-order valence-electron chi connectivity index (χ0n) is 16.6. The molecule has 1 aromatic rings. The number of aliphatic carboxylic acids is 1. The molecule has 0 aromatic carbocycles. The first-order valence-corrected chi connectivity index (χ1v) is 10.5. The van der Waals surface area contributed by atoms with Gasteiger partial charge in [0.15, 0.2) is 5.78 Å². The molecule has 154 valence electrons. The number of hydrogen-bond donors (Lipinski definition) is 1. The molecule has 2 aliphatic heterocycles. The molecule has 0 aliphatic carbocycles. The number of fused-ring (bicyclic) bond motifs is 1. The number of esters is 1. The standard InChI is InChI=1S/C18H18N2O7S2.Na/c1-9(21)18(19-13(23)6-12-4-3-5-28-12)16(26)20-14(15(24)25)11(7-27-10(2)22)8-29-17(18)20;/h3-5,17H,6-8H2,1-2H3,(H,19,23)(H,24,25);/q;+1/p-1/t17-,18-;/m1./s1. The maximum absolute atomic E-state index is 12.9. The van der Waals surface area contributed by atoms with Gasteiger partial charge in [-0.05, 0) is 18.4 Å². The number of rotatable bonds is 7. The minimum atomic E-state index is -1.84. The second-order valence-electron chi connectivity index (χ2n) is 6.53. The molecule has 0 unspecified atom stereocenters. The predicted octanol–water partition coefficient (Wildman–Crippen LogP) is -3.78. The molecule has 2 aliphatic rings. The Morgan fingerprint density at radius 1 is 1.33 bits per heavy atom. The molecule has 0 radical (unpaired) electrons. The number of carbonyl (C=O) groups is 5. The third kappa shape index (κ3) is 4.35. The van der Waals surface area contributed by atoms with E-state index in [2.05, 4.69) is 5.32 Å². The number of carbonyl (C=O) groups excluding carboxylic acids is 5. The van der Waals surface area contributed by atoms with Crippen molar-refractivity contribution in [2.75, 3.05) is 12.4 Å². The number of Topliss-reactive ketones (excluding diaryl/α,β-unsaturated/α-hetero) is 1. The molecule has 2 amide bonds. The van der Waals surface area contributed by atoms with E-state index in [1.54, 1.807) is 17.5 Å². The van der Waals surface area contributed by atoms with E-state index < -0.39 is 46.1 Å². The fourth-order valence-corrected chi connectivity index (χ4v) is 5.48. The second kappa shape index (κ2) is 9.65.